The Hall–Kier alpha value is -2.75. The number of oxime groups is 1. The highest BCUT2D eigenvalue weighted by Gasteiger charge is 2.28. The molecule has 0 bridgehead atoms. The lowest BCUT2D eigenvalue weighted by atomic mass is 9.93. The predicted octanol–water partition coefficient (Wildman–Crippen LogP) is 5.55. The topological polar surface area (TPSA) is 117 Å². The molecule has 39 heavy (non-hydrogen) atoms. The Labute approximate surface area is 243 Å². The molecule has 0 radical (unpaired) electrons. The van der Waals surface area contributed by atoms with E-state index in [4.69, 9.17) is 39.9 Å². The first-order chi connectivity index (χ1) is 18.9. The van der Waals surface area contributed by atoms with Gasteiger partial charge in [-0.15, -0.1) is 0 Å². The van der Waals surface area contributed by atoms with Crippen molar-refractivity contribution in [3.63, 3.8) is 0 Å². The van der Waals surface area contributed by atoms with E-state index in [1.54, 1.807) is 12.1 Å². The maximum absolute atomic E-state index is 13.7. The number of carbonyl (C=O) groups excluding carboxylic acids is 1. The van der Waals surface area contributed by atoms with Crippen molar-refractivity contribution < 1.29 is 10.0 Å². The van der Waals surface area contributed by atoms with Crippen LogP contribution in [0, 0.1) is 5.92 Å². The van der Waals surface area contributed by atoms with Crippen LogP contribution in [0.2, 0.25) is 10.0 Å². The van der Waals surface area contributed by atoms with Gasteiger partial charge in [0.05, 0.1) is 0 Å². The number of amides is 1. The molecule has 1 atom stereocenters. The van der Waals surface area contributed by atoms with Crippen LogP contribution in [-0.4, -0.2) is 47.5 Å². The zero-order valence-electron chi connectivity index (χ0n) is 21.5. The van der Waals surface area contributed by atoms with E-state index in [1.807, 2.05) is 59.5 Å². The number of likely N-dealkylation sites (tertiary alicyclic amines) is 1. The van der Waals surface area contributed by atoms with Crippen molar-refractivity contribution >= 4 is 46.9 Å². The van der Waals surface area contributed by atoms with Gasteiger partial charge in [0.25, 0.3) is 0 Å². The molecule has 0 spiro atoms. The average Bonchev–Trinajstić information content (AvgIpc) is 2.95. The van der Waals surface area contributed by atoms with Crippen molar-refractivity contribution in [1.82, 2.24) is 9.62 Å². The summed E-state index contributed by atoms with van der Waals surface area (Å²) in [7, 11) is 0. The lowest BCUT2D eigenvalue weighted by Crippen LogP contribution is -2.48. The third-order valence-electron chi connectivity index (χ3n) is 6.96. The van der Waals surface area contributed by atoms with Crippen molar-refractivity contribution in [2.24, 2.45) is 22.5 Å². The summed E-state index contributed by atoms with van der Waals surface area (Å²) in [6.45, 7) is 2.12. The van der Waals surface area contributed by atoms with Gasteiger partial charge in [-0.05, 0) is 91.6 Å². The van der Waals surface area contributed by atoms with Crippen molar-refractivity contribution in [3.05, 3.63) is 87.9 Å². The van der Waals surface area contributed by atoms with E-state index >= 15 is 0 Å². The van der Waals surface area contributed by atoms with E-state index in [0.717, 1.165) is 53.9 Å². The van der Waals surface area contributed by atoms with Crippen LogP contribution in [0.3, 0.4) is 0 Å². The van der Waals surface area contributed by atoms with E-state index in [9.17, 15) is 4.79 Å². The number of carbonyl (C=O) groups is 1. The molecule has 0 saturated carbocycles. The Morgan fingerprint density at radius 2 is 1.87 bits per heavy atom. The third-order valence-corrected chi connectivity index (χ3v) is 8.40. The molecule has 1 aliphatic heterocycles. The van der Waals surface area contributed by atoms with Crippen LogP contribution < -0.4 is 16.2 Å². The normalized spacial score (nSPS) is 15.4. The number of nitrogens with two attached hydrogens (primary N) is 2. The number of benzene rings is 3. The number of nitrogens with one attached hydrogen (secondary N) is 1. The molecule has 1 unspecified atom stereocenters. The smallest absolute Gasteiger partial charge is 0.240 e. The fourth-order valence-corrected chi connectivity index (χ4v) is 6.13. The highest BCUT2D eigenvalue weighted by molar-refractivity contribution is 7.97. The summed E-state index contributed by atoms with van der Waals surface area (Å²) >= 11 is 13.9. The van der Waals surface area contributed by atoms with Crippen LogP contribution in [0.25, 0.3) is 11.1 Å². The number of nitrogens with zero attached hydrogens (tertiary/aromatic N) is 2. The van der Waals surface area contributed by atoms with Crippen LogP contribution in [0.15, 0.2) is 76.8 Å². The summed E-state index contributed by atoms with van der Waals surface area (Å²) in [6.07, 6.45) is 3.37. The predicted molar refractivity (Wildman–Crippen MR) is 160 cm³/mol. The minimum absolute atomic E-state index is 0.0294. The molecule has 1 saturated heterocycles. The summed E-state index contributed by atoms with van der Waals surface area (Å²) in [5.74, 6) is 0.654. The lowest BCUT2D eigenvalue weighted by molar-refractivity contribution is -0.134. The Morgan fingerprint density at radius 3 is 2.59 bits per heavy atom. The van der Waals surface area contributed by atoms with Gasteiger partial charge in [0.15, 0.2) is 5.84 Å². The first kappa shape index (κ1) is 29.2. The molecular weight excluding hydrogens is 553 g/mol. The molecule has 6 N–H and O–H groups in total. The summed E-state index contributed by atoms with van der Waals surface area (Å²) in [4.78, 5) is 16.6. The van der Waals surface area contributed by atoms with Gasteiger partial charge in [-0.1, -0.05) is 64.8 Å². The molecule has 7 nitrogen and oxygen atoms in total. The number of hydrogen-bond acceptors (Lipinski definition) is 6. The molecular formula is C29H33Cl2N5O2S. The fraction of sp³-hybridized carbons (Fsp3) is 0.310. The van der Waals surface area contributed by atoms with Crippen LogP contribution in [-0.2, 0) is 11.2 Å². The fourth-order valence-electron chi connectivity index (χ4n) is 4.82. The number of rotatable bonds is 10. The monoisotopic (exact) mass is 585 g/mol. The Balaban J connectivity index is 1.52. The molecule has 3 aromatic rings. The van der Waals surface area contributed by atoms with Gasteiger partial charge in [-0.3, -0.25) is 4.79 Å². The highest BCUT2D eigenvalue weighted by Crippen LogP contribution is 2.32. The summed E-state index contributed by atoms with van der Waals surface area (Å²) in [6, 6.07) is 20.3. The molecule has 3 aromatic carbocycles. The SMILES string of the molecule is NCCC1CCN(C(=O)C(Cc2cccc(C(N)=NO)c2)NSc2cccc(-c3ccc(Cl)cc3Cl)c2)CC1. The van der Waals surface area contributed by atoms with Crippen molar-refractivity contribution in [2.45, 2.75) is 36.6 Å². The third kappa shape index (κ3) is 7.90. The molecule has 1 aliphatic rings. The van der Waals surface area contributed by atoms with Crippen LogP contribution in [0.5, 0.6) is 0 Å². The van der Waals surface area contributed by atoms with Gasteiger partial charge >= 0.3 is 0 Å². The molecule has 4 rings (SSSR count). The zero-order chi connectivity index (χ0) is 27.8. The maximum Gasteiger partial charge on any atom is 0.240 e. The molecule has 1 amide bonds. The summed E-state index contributed by atoms with van der Waals surface area (Å²) in [5.41, 5.74) is 14.9. The van der Waals surface area contributed by atoms with Gasteiger partial charge in [0.1, 0.15) is 6.04 Å². The van der Waals surface area contributed by atoms with Gasteiger partial charge in [0, 0.05) is 39.2 Å². The maximum atomic E-state index is 13.7. The average molecular weight is 587 g/mol. The van der Waals surface area contributed by atoms with Crippen LogP contribution in [0.4, 0.5) is 0 Å². The van der Waals surface area contributed by atoms with E-state index in [2.05, 4.69) is 9.88 Å². The highest BCUT2D eigenvalue weighted by atomic mass is 35.5. The molecule has 0 aromatic heterocycles. The number of hydrogen-bond donors (Lipinski definition) is 4. The Morgan fingerprint density at radius 1 is 1.10 bits per heavy atom. The second-order valence-electron chi connectivity index (χ2n) is 9.66. The van der Waals surface area contributed by atoms with Gasteiger partial charge in [0.2, 0.25) is 5.91 Å². The van der Waals surface area contributed by atoms with Gasteiger partial charge in [-0.25, -0.2) is 4.72 Å². The second-order valence-corrected chi connectivity index (χ2v) is 11.4. The molecule has 10 heteroatoms. The van der Waals surface area contributed by atoms with Crippen LogP contribution >= 0.6 is 35.1 Å². The van der Waals surface area contributed by atoms with E-state index < -0.39 is 6.04 Å². The number of piperidine rings is 1. The van der Waals surface area contributed by atoms with E-state index in [-0.39, 0.29) is 11.7 Å². The number of amidine groups is 1. The Kier molecular flexibility index (Phi) is 10.5. The van der Waals surface area contributed by atoms with E-state index in [0.29, 0.717) is 34.5 Å². The minimum atomic E-state index is -0.480. The minimum Gasteiger partial charge on any atom is -0.409 e. The second kappa shape index (κ2) is 14.1. The first-order valence-corrected chi connectivity index (χ1v) is 14.5. The molecule has 0 aliphatic carbocycles. The van der Waals surface area contributed by atoms with Crippen LogP contribution in [0.1, 0.15) is 30.4 Å². The largest absolute Gasteiger partial charge is 0.409 e. The summed E-state index contributed by atoms with van der Waals surface area (Å²) in [5, 5.41) is 13.4. The quantitative estimate of drug-likeness (QED) is 0.0814. The summed E-state index contributed by atoms with van der Waals surface area (Å²) < 4.78 is 3.42. The van der Waals surface area contributed by atoms with Gasteiger partial charge < -0.3 is 21.6 Å². The lowest BCUT2D eigenvalue weighted by Gasteiger charge is -2.34. The van der Waals surface area contributed by atoms with Gasteiger partial charge in [-0.2, -0.15) is 0 Å². The standard InChI is InChI=1S/C29H33Cl2N5O2S/c30-23-7-8-25(26(31)18-23)21-4-2-6-24(17-21)39-35-27(16-20-3-1-5-22(15-20)28(33)34-38)29(37)36-13-10-19(9-12-32)11-14-36/h1-8,15,17-19,27,35,38H,9-14,16,32H2,(H2,33,34). The van der Waals surface area contributed by atoms with Crippen molar-refractivity contribution in [2.75, 3.05) is 19.6 Å². The molecule has 1 fully saturated rings. The number of halogens is 2. The molecule has 206 valence electrons. The van der Waals surface area contributed by atoms with E-state index in [1.165, 1.54) is 11.9 Å². The Bertz CT molecular complexity index is 1310. The first-order valence-electron chi connectivity index (χ1n) is 12.9. The van der Waals surface area contributed by atoms with Crippen molar-refractivity contribution in [1.29, 1.82) is 0 Å². The van der Waals surface area contributed by atoms with Crippen molar-refractivity contribution in [3.8, 4) is 11.1 Å². The zero-order valence-corrected chi connectivity index (χ0v) is 23.9. The molecule has 1 heterocycles.